The first-order valence-corrected chi connectivity index (χ1v) is 8.27. The first-order chi connectivity index (χ1) is 11.1. The van der Waals surface area contributed by atoms with Crippen LogP contribution in [0.5, 0.6) is 0 Å². The minimum absolute atomic E-state index is 0.00953. The standard InChI is InChI=1S/C20H25NO2/c1-14-11-15(2)13-18(12-14)16(3)23-20-19(21-9-10-22-20)17-7-5-4-6-8-17/h4-8,11-13,16,19-21H,9-10H2,1-3H3. The van der Waals surface area contributed by atoms with Crippen LogP contribution < -0.4 is 5.32 Å². The van der Waals surface area contributed by atoms with Gasteiger partial charge in [0.2, 0.25) is 0 Å². The Bertz CT molecular complexity index is 621. The zero-order valence-corrected chi connectivity index (χ0v) is 14.1. The molecular formula is C20H25NO2. The molecule has 122 valence electrons. The fourth-order valence-corrected chi connectivity index (χ4v) is 3.16. The van der Waals surface area contributed by atoms with Crippen LogP contribution in [0.25, 0.3) is 0 Å². The smallest absolute Gasteiger partial charge is 0.177 e. The van der Waals surface area contributed by atoms with Crippen LogP contribution in [0.3, 0.4) is 0 Å². The van der Waals surface area contributed by atoms with Gasteiger partial charge in [0.05, 0.1) is 18.8 Å². The van der Waals surface area contributed by atoms with E-state index in [-0.39, 0.29) is 18.4 Å². The highest BCUT2D eigenvalue weighted by atomic mass is 16.7. The SMILES string of the molecule is Cc1cc(C)cc(C(C)OC2OCCNC2c2ccccc2)c1. The summed E-state index contributed by atoms with van der Waals surface area (Å²) in [5.74, 6) is 0. The fourth-order valence-electron chi connectivity index (χ4n) is 3.16. The lowest BCUT2D eigenvalue weighted by Gasteiger charge is -2.34. The molecular weight excluding hydrogens is 286 g/mol. The summed E-state index contributed by atoms with van der Waals surface area (Å²) in [6.45, 7) is 7.85. The van der Waals surface area contributed by atoms with E-state index in [1.54, 1.807) is 0 Å². The van der Waals surface area contributed by atoms with Gasteiger partial charge < -0.3 is 14.8 Å². The summed E-state index contributed by atoms with van der Waals surface area (Å²) in [4.78, 5) is 0. The van der Waals surface area contributed by atoms with Gasteiger partial charge >= 0.3 is 0 Å². The molecule has 3 heteroatoms. The number of hydrogen-bond donors (Lipinski definition) is 1. The van der Waals surface area contributed by atoms with Crippen molar-refractivity contribution >= 4 is 0 Å². The largest absolute Gasteiger partial charge is 0.349 e. The van der Waals surface area contributed by atoms with E-state index in [4.69, 9.17) is 9.47 Å². The van der Waals surface area contributed by atoms with Crippen molar-refractivity contribution in [2.24, 2.45) is 0 Å². The van der Waals surface area contributed by atoms with Crippen molar-refractivity contribution in [2.45, 2.75) is 39.2 Å². The van der Waals surface area contributed by atoms with Gasteiger partial charge in [0.25, 0.3) is 0 Å². The van der Waals surface area contributed by atoms with Gasteiger partial charge in [-0.25, -0.2) is 0 Å². The normalized spacial score (nSPS) is 22.7. The summed E-state index contributed by atoms with van der Waals surface area (Å²) in [7, 11) is 0. The summed E-state index contributed by atoms with van der Waals surface area (Å²) < 4.78 is 12.2. The molecule has 0 radical (unpaired) electrons. The fraction of sp³-hybridized carbons (Fsp3) is 0.400. The number of rotatable bonds is 4. The van der Waals surface area contributed by atoms with Gasteiger partial charge in [-0.05, 0) is 31.9 Å². The lowest BCUT2D eigenvalue weighted by atomic mass is 10.0. The lowest BCUT2D eigenvalue weighted by Crippen LogP contribution is -2.43. The van der Waals surface area contributed by atoms with Crippen molar-refractivity contribution in [3.8, 4) is 0 Å². The van der Waals surface area contributed by atoms with Crippen LogP contribution in [0.1, 0.15) is 41.3 Å². The maximum absolute atomic E-state index is 6.27. The van der Waals surface area contributed by atoms with E-state index in [2.05, 4.69) is 68.6 Å². The summed E-state index contributed by atoms with van der Waals surface area (Å²) in [6.07, 6.45) is -0.285. The monoisotopic (exact) mass is 311 g/mol. The number of aryl methyl sites for hydroxylation is 2. The van der Waals surface area contributed by atoms with Crippen molar-refractivity contribution in [1.82, 2.24) is 5.32 Å². The molecule has 0 spiro atoms. The Morgan fingerprint density at radius 1 is 1.09 bits per heavy atom. The molecule has 2 aromatic rings. The molecule has 1 fully saturated rings. The zero-order chi connectivity index (χ0) is 16.2. The molecule has 0 aromatic heterocycles. The van der Waals surface area contributed by atoms with Crippen molar-refractivity contribution in [3.63, 3.8) is 0 Å². The van der Waals surface area contributed by atoms with E-state index in [1.807, 2.05) is 6.07 Å². The summed E-state index contributed by atoms with van der Waals surface area (Å²) >= 11 is 0. The average molecular weight is 311 g/mol. The number of morpholine rings is 1. The Balaban J connectivity index is 1.76. The summed E-state index contributed by atoms with van der Waals surface area (Å²) in [5.41, 5.74) is 4.92. The van der Waals surface area contributed by atoms with E-state index < -0.39 is 0 Å². The minimum Gasteiger partial charge on any atom is -0.349 e. The van der Waals surface area contributed by atoms with Gasteiger partial charge in [0, 0.05) is 6.54 Å². The molecule has 0 saturated carbocycles. The third kappa shape index (κ3) is 3.99. The third-order valence-electron chi connectivity index (χ3n) is 4.23. The van der Waals surface area contributed by atoms with E-state index in [1.165, 1.54) is 22.3 Å². The predicted octanol–water partition coefficient (Wildman–Crippen LogP) is 4.07. The van der Waals surface area contributed by atoms with Crippen molar-refractivity contribution < 1.29 is 9.47 Å². The first kappa shape index (κ1) is 16.2. The molecule has 2 aromatic carbocycles. The van der Waals surface area contributed by atoms with Crippen LogP contribution in [0, 0.1) is 13.8 Å². The second-order valence-electron chi connectivity index (χ2n) is 6.28. The highest BCUT2D eigenvalue weighted by molar-refractivity contribution is 5.30. The van der Waals surface area contributed by atoms with Crippen molar-refractivity contribution in [3.05, 3.63) is 70.8 Å². The highest BCUT2D eigenvalue weighted by Crippen LogP contribution is 2.28. The van der Waals surface area contributed by atoms with Gasteiger partial charge in [-0.15, -0.1) is 0 Å². The van der Waals surface area contributed by atoms with Crippen LogP contribution in [-0.2, 0) is 9.47 Å². The molecule has 1 heterocycles. The van der Waals surface area contributed by atoms with Crippen LogP contribution in [0.2, 0.25) is 0 Å². The molecule has 1 saturated heterocycles. The molecule has 1 aliphatic rings. The molecule has 0 bridgehead atoms. The molecule has 0 aliphatic carbocycles. The molecule has 1 N–H and O–H groups in total. The summed E-state index contributed by atoms with van der Waals surface area (Å²) in [6, 6.07) is 17.0. The molecule has 3 unspecified atom stereocenters. The van der Waals surface area contributed by atoms with Gasteiger partial charge in [-0.2, -0.15) is 0 Å². The molecule has 3 rings (SSSR count). The molecule has 0 amide bonds. The maximum Gasteiger partial charge on any atom is 0.177 e. The number of ether oxygens (including phenoxy) is 2. The predicted molar refractivity (Wildman–Crippen MR) is 92.3 cm³/mol. The zero-order valence-electron chi connectivity index (χ0n) is 14.1. The average Bonchev–Trinajstić information content (AvgIpc) is 2.55. The van der Waals surface area contributed by atoms with Crippen LogP contribution in [0.4, 0.5) is 0 Å². The Morgan fingerprint density at radius 2 is 1.78 bits per heavy atom. The van der Waals surface area contributed by atoms with Crippen molar-refractivity contribution in [1.29, 1.82) is 0 Å². The van der Waals surface area contributed by atoms with Gasteiger partial charge in [-0.1, -0.05) is 59.7 Å². The quantitative estimate of drug-likeness (QED) is 0.923. The number of benzene rings is 2. The first-order valence-electron chi connectivity index (χ1n) is 8.27. The van der Waals surface area contributed by atoms with E-state index in [0.717, 1.165) is 6.54 Å². The van der Waals surface area contributed by atoms with E-state index in [0.29, 0.717) is 6.61 Å². The Hall–Kier alpha value is -1.68. The Kier molecular flexibility index (Phi) is 5.11. The lowest BCUT2D eigenvalue weighted by molar-refractivity contribution is -0.200. The molecule has 23 heavy (non-hydrogen) atoms. The van der Waals surface area contributed by atoms with Gasteiger partial charge in [0.15, 0.2) is 6.29 Å². The van der Waals surface area contributed by atoms with Gasteiger partial charge in [0.1, 0.15) is 0 Å². The summed E-state index contributed by atoms with van der Waals surface area (Å²) in [5, 5.41) is 3.52. The van der Waals surface area contributed by atoms with Crippen molar-refractivity contribution in [2.75, 3.05) is 13.2 Å². The van der Waals surface area contributed by atoms with Crippen LogP contribution in [0.15, 0.2) is 48.5 Å². The topological polar surface area (TPSA) is 30.5 Å². The highest BCUT2D eigenvalue weighted by Gasteiger charge is 2.29. The molecule has 3 atom stereocenters. The second kappa shape index (κ2) is 7.26. The van der Waals surface area contributed by atoms with Gasteiger partial charge in [-0.3, -0.25) is 0 Å². The van der Waals surface area contributed by atoms with E-state index in [9.17, 15) is 0 Å². The van der Waals surface area contributed by atoms with Crippen LogP contribution in [-0.4, -0.2) is 19.4 Å². The maximum atomic E-state index is 6.27. The Labute approximate surface area is 138 Å². The Morgan fingerprint density at radius 3 is 2.48 bits per heavy atom. The minimum atomic E-state index is -0.276. The molecule has 1 aliphatic heterocycles. The van der Waals surface area contributed by atoms with E-state index >= 15 is 0 Å². The molecule has 3 nitrogen and oxygen atoms in total. The third-order valence-corrected chi connectivity index (χ3v) is 4.23. The number of hydrogen-bond acceptors (Lipinski definition) is 3. The number of nitrogens with one attached hydrogen (secondary N) is 1. The van der Waals surface area contributed by atoms with Crippen LogP contribution >= 0.6 is 0 Å². The second-order valence-corrected chi connectivity index (χ2v) is 6.28.